The maximum absolute atomic E-state index is 6.53. The number of para-hydroxylation sites is 1. The number of hydrazone groups is 1. The van der Waals surface area contributed by atoms with Gasteiger partial charge in [0, 0.05) is 11.9 Å². The highest BCUT2D eigenvalue weighted by Gasteiger charge is 2.29. The molecule has 0 bridgehead atoms. The highest BCUT2D eigenvalue weighted by Crippen LogP contribution is 2.32. The minimum atomic E-state index is 0.230. The molecule has 0 fully saturated rings. The van der Waals surface area contributed by atoms with Crippen molar-refractivity contribution in [1.82, 2.24) is 9.67 Å². The van der Waals surface area contributed by atoms with E-state index in [0.29, 0.717) is 38.1 Å². The van der Waals surface area contributed by atoms with Crippen LogP contribution in [0.1, 0.15) is 11.6 Å². The van der Waals surface area contributed by atoms with Gasteiger partial charge in [0.25, 0.3) is 5.84 Å². The van der Waals surface area contributed by atoms with Gasteiger partial charge in [-0.1, -0.05) is 71.2 Å². The van der Waals surface area contributed by atoms with Crippen molar-refractivity contribution in [2.45, 2.75) is 6.92 Å². The third-order valence-corrected chi connectivity index (χ3v) is 5.51. The Bertz CT molecular complexity index is 1310. The van der Waals surface area contributed by atoms with Crippen LogP contribution in [0.2, 0.25) is 15.1 Å². The highest BCUT2D eigenvalue weighted by atomic mass is 35.5. The summed E-state index contributed by atoms with van der Waals surface area (Å²) >= 11 is 19.2. The number of aryl methyl sites for hydroxylation is 1. The number of nitrogens with zero attached hydrogens (tertiary/aromatic N) is 6. The van der Waals surface area contributed by atoms with Crippen molar-refractivity contribution in [1.29, 1.82) is 0 Å². The molecular formula is C23H19Cl3N7+. The van der Waals surface area contributed by atoms with E-state index in [0.717, 1.165) is 5.69 Å². The molecule has 4 rings (SSSR count). The zero-order valence-electron chi connectivity index (χ0n) is 17.7. The normalized spacial score (nSPS) is 11.8. The monoisotopic (exact) mass is 498 g/mol. The molecule has 1 N–H and O–H groups in total. The Hall–Kier alpha value is -3.26. The van der Waals surface area contributed by atoms with Gasteiger partial charge in [-0.3, -0.25) is 5.43 Å². The van der Waals surface area contributed by atoms with Crippen LogP contribution in [0.4, 0.5) is 11.4 Å². The standard InChI is InChI=1S/C23H18Cl3N7/c1-15-27-23(33(32(15)2)21-19(25)13-16(24)14-20(21)26)22(30-28-17-9-5-3-6-10-17)31-29-18-11-7-4-8-12-18/h3-14H,1-2H3/p+1. The number of azo groups is 1. The molecule has 3 aromatic carbocycles. The third kappa shape index (κ3) is 5.22. The van der Waals surface area contributed by atoms with E-state index in [9.17, 15) is 0 Å². The lowest BCUT2D eigenvalue weighted by atomic mass is 10.3. The molecule has 0 amide bonds. The molecule has 0 aliphatic rings. The first-order chi connectivity index (χ1) is 15.9. The molecule has 33 heavy (non-hydrogen) atoms. The van der Waals surface area contributed by atoms with Crippen molar-refractivity contribution in [3.8, 4) is 5.69 Å². The second-order valence-corrected chi connectivity index (χ2v) is 8.24. The van der Waals surface area contributed by atoms with Gasteiger partial charge in [0.1, 0.15) is 12.7 Å². The molecule has 1 aromatic heterocycles. The van der Waals surface area contributed by atoms with Crippen LogP contribution < -0.4 is 10.1 Å². The van der Waals surface area contributed by atoms with Gasteiger partial charge in [0.05, 0.1) is 21.4 Å². The topological polar surface area (TPSA) is 70.8 Å². The number of aromatic nitrogens is 3. The van der Waals surface area contributed by atoms with Gasteiger partial charge in [-0.05, 0) is 41.4 Å². The average molecular weight is 500 g/mol. The van der Waals surface area contributed by atoms with Gasteiger partial charge < -0.3 is 0 Å². The van der Waals surface area contributed by atoms with E-state index in [-0.39, 0.29) is 5.84 Å². The molecule has 0 saturated heterocycles. The van der Waals surface area contributed by atoms with E-state index in [1.165, 1.54) is 0 Å². The van der Waals surface area contributed by atoms with Gasteiger partial charge in [0.2, 0.25) is 0 Å². The van der Waals surface area contributed by atoms with Gasteiger partial charge in [-0.2, -0.15) is 4.68 Å². The van der Waals surface area contributed by atoms with Gasteiger partial charge in [-0.15, -0.1) is 20.0 Å². The van der Waals surface area contributed by atoms with Crippen LogP contribution in [-0.4, -0.2) is 15.5 Å². The van der Waals surface area contributed by atoms with E-state index in [4.69, 9.17) is 34.8 Å². The number of benzene rings is 3. The van der Waals surface area contributed by atoms with Gasteiger partial charge in [-0.25, -0.2) is 0 Å². The predicted molar refractivity (Wildman–Crippen MR) is 132 cm³/mol. The number of rotatable bonds is 5. The Morgan fingerprint density at radius 3 is 2.18 bits per heavy atom. The first kappa shape index (κ1) is 22.9. The molecule has 0 aliphatic heterocycles. The maximum Gasteiger partial charge on any atom is 0.331 e. The molecule has 7 nitrogen and oxygen atoms in total. The van der Waals surface area contributed by atoms with E-state index in [2.05, 4.69) is 25.7 Å². The minimum absolute atomic E-state index is 0.230. The summed E-state index contributed by atoms with van der Waals surface area (Å²) in [6.45, 7) is 1.86. The summed E-state index contributed by atoms with van der Waals surface area (Å²) in [5.41, 5.74) is 4.97. The van der Waals surface area contributed by atoms with Crippen LogP contribution >= 0.6 is 34.8 Å². The van der Waals surface area contributed by atoms with Crippen LogP contribution in [0.3, 0.4) is 0 Å². The summed E-state index contributed by atoms with van der Waals surface area (Å²) in [6.07, 6.45) is 0. The zero-order chi connectivity index (χ0) is 23.4. The van der Waals surface area contributed by atoms with Crippen molar-refractivity contribution >= 4 is 52.0 Å². The van der Waals surface area contributed by atoms with Crippen LogP contribution in [0.15, 0.2) is 88.1 Å². The number of hydrogen-bond acceptors (Lipinski definition) is 4. The number of amidine groups is 1. The summed E-state index contributed by atoms with van der Waals surface area (Å²) in [4.78, 5) is 4.67. The Morgan fingerprint density at radius 1 is 0.939 bits per heavy atom. The quantitative estimate of drug-likeness (QED) is 0.112. The molecule has 1 heterocycles. The molecule has 0 atom stereocenters. The first-order valence-electron chi connectivity index (χ1n) is 9.90. The largest absolute Gasteiger partial charge is 0.331 e. The molecule has 166 valence electrons. The van der Waals surface area contributed by atoms with Crippen molar-refractivity contribution in [2.24, 2.45) is 22.4 Å². The maximum atomic E-state index is 6.53. The fraction of sp³-hybridized carbons (Fsp3) is 0.0870. The lowest BCUT2D eigenvalue weighted by molar-refractivity contribution is -0.750. The molecule has 0 spiro atoms. The summed E-state index contributed by atoms with van der Waals surface area (Å²) in [5.74, 6) is 1.31. The lowest BCUT2D eigenvalue weighted by Crippen LogP contribution is -2.41. The molecule has 10 heteroatoms. The lowest BCUT2D eigenvalue weighted by Gasteiger charge is -2.10. The zero-order valence-corrected chi connectivity index (χ0v) is 20.0. The van der Waals surface area contributed by atoms with Crippen LogP contribution in [0.25, 0.3) is 5.69 Å². The number of halogens is 3. The molecule has 0 aliphatic carbocycles. The van der Waals surface area contributed by atoms with E-state index in [1.807, 2.05) is 74.6 Å². The second-order valence-electron chi connectivity index (χ2n) is 6.98. The van der Waals surface area contributed by atoms with E-state index >= 15 is 0 Å². The van der Waals surface area contributed by atoms with Crippen molar-refractivity contribution in [3.63, 3.8) is 0 Å². The van der Waals surface area contributed by atoms with Gasteiger partial charge in [0.15, 0.2) is 0 Å². The Balaban J connectivity index is 1.87. The third-order valence-electron chi connectivity index (χ3n) is 4.71. The van der Waals surface area contributed by atoms with Crippen molar-refractivity contribution in [3.05, 3.63) is 99.5 Å². The summed E-state index contributed by atoms with van der Waals surface area (Å²) in [6, 6.07) is 22.1. The Labute approximate surface area is 206 Å². The Morgan fingerprint density at radius 2 is 1.55 bits per heavy atom. The SMILES string of the molecule is Cc1nc(C(N=Nc2ccccc2)=NNc2ccccc2)n(-c2c(Cl)cc(Cl)cc2Cl)[n+]1C. The summed E-state index contributed by atoms with van der Waals surface area (Å²) in [7, 11) is 1.84. The Kier molecular flexibility index (Phi) is 7.03. The summed E-state index contributed by atoms with van der Waals surface area (Å²) in [5, 5.41) is 14.4. The highest BCUT2D eigenvalue weighted by molar-refractivity contribution is 6.40. The number of nitrogens with one attached hydrogen (secondary N) is 1. The van der Waals surface area contributed by atoms with E-state index < -0.39 is 0 Å². The fourth-order valence-electron chi connectivity index (χ4n) is 3.04. The fourth-order valence-corrected chi connectivity index (χ4v) is 4.02. The second kappa shape index (κ2) is 10.1. The number of anilines is 1. The molecule has 4 aromatic rings. The van der Waals surface area contributed by atoms with Crippen LogP contribution in [-0.2, 0) is 7.05 Å². The smallest absolute Gasteiger partial charge is 0.276 e. The minimum Gasteiger partial charge on any atom is -0.276 e. The average Bonchev–Trinajstić information content (AvgIpc) is 3.09. The predicted octanol–water partition coefficient (Wildman–Crippen LogP) is 6.52. The van der Waals surface area contributed by atoms with Crippen LogP contribution in [0, 0.1) is 6.92 Å². The molecule has 0 saturated carbocycles. The first-order valence-corrected chi connectivity index (χ1v) is 11.0. The molecule has 0 unspecified atom stereocenters. The van der Waals surface area contributed by atoms with Crippen LogP contribution in [0.5, 0.6) is 0 Å². The molecule has 0 radical (unpaired) electrons. The van der Waals surface area contributed by atoms with Gasteiger partial charge >= 0.3 is 11.6 Å². The van der Waals surface area contributed by atoms with Crippen molar-refractivity contribution in [2.75, 3.05) is 5.43 Å². The van der Waals surface area contributed by atoms with Crippen molar-refractivity contribution < 1.29 is 4.68 Å². The number of hydrogen-bond donors (Lipinski definition) is 1. The summed E-state index contributed by atoms with van der Waals surface area (Å²) < 4.78 is 3.53. The molecular weight excluding hydrogens is 481 g/mol. The van der Waals surface area contributed by atoms with E-state index in [1.54, 1.807) is 21.5 Å².